The van der Waals surface area contributed by atoms with Crippen LogP contribution in [0.15, 0.2) is 36.7 Å². The number of anilines is 1. The predicted octanol–water partition coefficient (Wildman–Crippen LogP) is 1.49. The molecule has 20 heavy (non-hydrogen) atoms. The van der Waals surface area contributed by atoms with Gasteiger partial charge in [0.1, 0.15) is 12.2 Å². The molecule has 0 saturated carbocycles. The number of carbonyl (C=O) groups is 1. The molecule has 1 heterocycles. The molecule has 2 aromatic rings. The number of hydrogen-bond acceptors (Lipinski definition) is 4. The Bertz CT molecular complexity index is 566. The first-order chi connectivity index (χ1) is 9.58. The summed E-state index contributed by atoms with van der Waals surface area (Å²) in [4.78, 5) is 12.1. The maximum Gasteiger partial charge on any atom is 0.241 e. The van der Waals surface area contributed by atoms with E-state index in [1.165, 1.54) is 0 Å². The number of hydrogen-bond donors (Lipinski definition) is 2. The second-order valence-electron chi connectivity index (χ2n) is 4.77. The second kappa shape index (κ2) is 6.29. The first-order valence-corrected chi connectivity index (χ1v) is 6.54. The minimum Gasteiger partial charge on any atom is -0.325 e. The highest BCUT2D eigenvalue weighted by Gasteiger charge is 2.18. The quantitative estimate of drug-likeness (QED) is 0.866. The van der Waals surface area contributed by atoms with E-state index in [0.717, 1.165) is 11.5 Å². The minimum atomic E-state index is -0.332. The maximum absolute atomic E-state index is 12.1. The van der Waals surface area contributed by atoms with Gasteiger partial charge in [-0.1, -0.05) is 18.2 Å². The van der Waals surface area contributed by atoms with Gasteiger partial charge in [-0.3, -0.25) is 10.1 Å². The van der Waals surface area contributed by atoms with Crippen LogP contribution in [0.5, 0.6) is 0 Å². The first kappa shape index (κ1) is 14.2. The van der Waals surface area contributed by atoms with Crippen molar-refractivity contribution in [3.05, 3.63) is 42.5 Å². The highest BCUT2D eigenvalue weighted by atomic mass is 16.2. The van der Waals surface area contributed by atoms with Crippen molar-refractivity contribution in [2.75, 3.05) is 5.32 Å². The third-order valence-corrected chi connectivity index (χ3v) is 3.07. The normalized spacial score (nSPS) is 13.8. The van der Waals surface area contributed by atoms with Gasteiger partial charge < -0.3 is 9.88 Å². The molecule has 0 aliphatic rings. The summed E-state index contributed by atoms with van der Waals surface area (Å²) in [5, 5.41) is 13.9. The number of benzene rings is 1. The molecular formula is C14H19N5O. The summed E-state index contributed by atoms with van der Waals surface area (Å²) in [6.45, 7) is 3.78. The van der Waals surface area contributed by atoms with Gasteiger partial charge in [-0.2, -0.15) is 0 Å². The molecule has 2 rings (SSSR count). The van der Waals surface area contributed by atoms with Crippen LogP contribution in [-0.4, -0.2) is 26.7 Å². The largest absolute Gasteiger partial charge is 0.325 e. The molecule has 0 aliphatic carbocycles. The van der Waals surface area contributed by atoms with Crippen molar-refractivity contribution in [2.24, 2.45) is 7.05 Å². The molecule has 2 N–H and O–H groups in total. The average molecular weight is 273 g/mol. The molecule has 6 nitrogen and oxygen atoms in total. The van der Waals surface area contributed by atoms with Gasteiger partial charge in [0.2, 0.25) is 5.91 Å². The van der Waals surface area contributed by atoms with E-state index in [0.29, 0.717) is 0 Å². The minimum absolute atomic E-state index is 0.0565. The fourth-order valence-corrected chi connectivity index (χ4v) is 1.98. The van der Waals surface area contributed by atoms with Crippen molar-refractivity contribution in [3.8, 4) is 0 Å². The van der Waals surface area contributed by atoms with Crippen LogP contribution in [0.2, 0.25) is 0 Å². The molecule has 0 radical (unpaired) electrons. The molecule has 2 unspecified atom stereocenters. The van der Waals surface area contributed by atoms with Gasteiger partial charge in [-0.15, -0.1) is 10.2 Å². The second-order valence-corrected chi connectivity index (χ2v) is 4.77. The van der Waals surface area contributed by atoms with Gasteiger partial charge >= 0.3 is 0 Å². The van der Waals surface area contributed by atoms with Crippen LogP contribution in [0.25, 0.3) is 0 Å². The number of nitrogens with zero attached hydrogens (tertiary/aromatic N) is 3. The van der Waals surface area contributed by atoms with Crippen LogP contribution in [-0.2, 0) is 11.8 Å². The van der Waals surface area contributed by atoms with Crippen LogP contribution in [0.3, 0.4) is 0 Å². The number of para-hydroxylation sites is 1. The molecule has 0 fully saturated rings. The number of aryl methyl sites for hydroxylation is 1. The number of nitrogens with one attached hydrogen (secondary N) is 2. The van der Waals surface area contributed by atoms with E-state index in [1.54, 1.807) is 6.33 Å². The molecule has 1 aromatic carbocycles. The summed E-state index contributed by atoms with van der Waals surface area (Å²) in [7, 11) is 1.88. The first-order valence-electron chi connectivity index (χ1n) is 6.54. The Morgan fingerprint density at radius 1 is 1.25 bits per heavy atom. The highest BCUT2D eigenvalue weighted by molar-refractivity contribution is 5.94. The van der Waals surface area contributed by atoms with Gasteiger partial charge in [-0.05, 0) is 26.0 Å². The summed E-state index contributed by atoms with van der Waals surface area (Å²) >= 11 is 0. The lowest BCUT2D eigenvalue weighted by atomic mass is 10.2. The van der Waals surface area contributed by atoms with E-state index in [4.69, 9.17) is 0 Å². The standard InChI is InChI=1S/C14H19N5O/c1-10(13-18-15-9-19(13)3)16-11(2)14(20)17-12-7-5-4-6-8-12/h4-11,16H,1-3H3,(H,17,20). The molecule has 1 aromatic heterocycles. The molecule has 6 heteroatoms. The van der Waals surface area contributed by atoms with Crippen LogP contribution >= 0.6 is 0 Å². The Morgan fingerprint density at radius 2 is 1.95 bits per heavy atom. The lowest BCUT2D eigenvalue weighted by Gasteiger charge is -2.19. The molecule has 1 amide bonds. The Balaban J connectivity index is 1.93. The van der Waals surface area contributed by atoms with E-state index in [-0.39, 0.29) is 18.0 Å². The van der Waals surface area contributed by atoms with Gasteiger partial charge in [0.05, 0.1) is 12.1 Å². The van der Waals surface area contributed by atoms with Crippen LogP contribution in [0.4, 0.5) is 5.69 Å². The van der Waals surface area contributed by atoms with Crippen LogP contribution in [0.1, 0.15) is 25.7 Å². The van der Waals surface area contributed by atoms with Crippen molar-refractivity contribution < 1.29 is 4.79 Å². The smallest absolute Gasteiger partial charge is 0.241 e. The van der Waals surface area contributed by atoms with Crippen molar-refractivity contribution >= 4 is 11.6 Å². The van der Waals surface area contributed by atoms with Crippen molar-refractivity contribution in [1.29, 1.82) is 0 Å². The molecule has 106 valence electrons. The lowest BCUT2D eigenvalue weighted by Crippen LogP contribution is -2.40. The Morgan fingerprint density at radius 3 is 2.55 bits per heavy atom. The Hall–Kier alpha value is -2.21. The SMILES string of the molecule is CC(NC(C)c1nncn1C)C(=O)Nc1ccccc1. The topological polar surface area (TPSA) is 71.8 Å². The third-order valence-electron chi connectivity index (χ3n) is 3.07. The number of aromatic nitrogens is 3. The molecule has 0 bridgehead atoms. The van der Waals surface area contributed by atoms with Gasteiger partial charge in [0, 0.05) is 12.7 Å². The predicted molar refractivity (Wildman–Crippen MR) is 77.1 cm³/mol. The van der Waals surface area contributed by atoms with Crippen LogP contribution < -0.4 is 10.6 Å². The molecule has 0 aliphatic heterocycles. The lowest BCUT2D eigenvalue weighted by molar-refractivity contribution is -0.118. The van der Waals surface area contributed by atoms with E-state index in [2.05, 4.69) is 20.8 Å². The van der Waals surface area contributed by atoms with Gasteiger partial charge in [0.15, 0.2) is 0 Å². The molecule has 0 spiro atoms. The van der Waals surface area contributed by atoms with Crippen LogP contribution in [0, 0.1) is 0 Å². The number of rotatable bonds is 5. The maximum atomic E-state index is 12.1. The van der Waals surface area contributed by atoms with E-state index < -0.39 is 0 Å². The molecule has 0 saturated heterocycles. The Labute approximate surface area is 118 Å². The van der Waals surface area contributed by atoms with E-state index in [9.17, 15) is 4.79 Å². The number of amides is 1. The summed E-state index contributed by atoms with van der Waals surface area (Å²) in [6, 6.07) is 9.01. The third kappa shape index (κ3) is 3.42. The zero-order valence-electron chi connectivity index (χ0n) is 11.9. The summed E-state index contributed by atoms with van der Waals surface area (Å²) in [6.07, 6.45) is 1.64. The van der Waals surface area contributed by atoms with Crippen molar-refractivity contribution in [3.63, 3.8) is 0 Å². The monoisotopic (exact) mass is 273 g/mol. The highest BCUT2D eigenvalue weighted by Crippen LogP contribution is 2.10. The zero-order chi connectivity index (χ0) is 14.5. The summed E-state index contributed by atoms with van der Waals surface area (Å²) < 4.78 is 1.83. The van der Waals surface area contributed by atoms with Crippen molar-refractivity contribution in [1.82, 2.24) is 20.1 Å². The summed E-state index contributed by atoms with van der Waals surface area (Å²) in [5.41, 5.74) is 0.789. The molecular weight excluding hydrogens is 254 g/mol. The fourth-order valence-electron chi connectivity index (χ4n) is 1.98. The van der Waals surface area contributed by atoms with Gasteiger partial charge in [-0.25, -0.2) is 0 Å². The Kier molecular flexibility index (Phi) is 4.47. The number of carbonyl (C=O) groups excluding carboxylic acids is 1. The summed E-state index contributed by atoms with van der Waals surface area (Å²) in [5.74, 6) is 0.717. The zero-order valence-corrected chi connectivity index (χ0v) is 11.9. The van der Waals surface area contributed by atoms with E-state index >= 15 is 0 Å². The molecule has 2 atom stereocenters. The average Bonchev–Trinajstić information content (AvgIpc) is 2.86. The van der Waals surface area contributed by atoms with Crippen molar-refractivity contribution in [2.45, 2.75) is 25.9 Å². The fraction of sp³-hybridized carbons (Fsp3) is 0.357. The van der Waals surface area contributed by atoms with Gasteiger partial charge in [0.25, 0.3) is 0 Å². The van der Waals surface area contributed by atoms with E-state index in [1.807, 2.05) is 55.8 Å².